The molecule has 7 nitrogen and oxygen atoms in total. The van der Waals surface area contributed by atoms with Crippen molar-refractivity contribution in [3.63, 3.8) is 0 Å². The molecule has 2 amide bonds. The minimum absolute atomic E-state index is 0.129. The Hall–Kier alpha value is -4.00. The monoisotopic (exact) mass is 372 g/mol. The number of anilines is 1. The molecule has 1 aromatic heterocycles. The van der Waals surface area contributed by atoms with Crippen LogP contribution in [0.25, 0.3) is 0 Å². The normalized spacial score (nSPS) is 15.5. The van der Waals surface area contributed by atoms with E-state index in [0.29, 0.717) is 11.4 Å². The average molecular weight is 372 g/mol. The maximum atomic E-state index is 12.6. The fourth-order valence-electron chi connectivity index (χ4n) is 2.82. The summed E-state index contributed by atoms with van der Waals surface area (Å²) in [5.41, 5.74) is 2.82. The molecule has 1 aliphatic heterocycles. The number of nitrogens with zero attached hydrogens (tertiary/aromatic N) is 2. The van der Waals surface area contributed by atoms with Crippen LogP contribution in [0.5, 0.6) is 5.88 Å². The summed E-state index contributed by atoms with van der Waals surface area (Å²) in [6.45, 7) is 0. The number of carbonyl (C=O) groups is 2. The number of para-hydroxylation sites is 1. The van der Waals surface area contributed by atoms with Crippen LogP contribution < -0.4 is 15.4 Å². The summed E-state index contributed by atoms with van der Waals surface area (Å²) in [6, 6.07) is 21.8. The molecule has 0 fully saturated rings. The number of aromatic nitrogens is 1. The lowest BCUT2D eigenvalue weighted by Crippen LogP contribution is -2.43. The summed E-state index contributed by atoms with van der Waals surface area (Å²) < 4.78 is 5.11. The molecule has 0 aliphatic carbocycles. The summed E-state index contributed by atoms with van der Waals surface area (Å²) in [5.74, 6) is -0.332. The molecule has 3 aromatic rings. The van der Waals surface area contributed by atoms with Gasteiger partial charge in [-0.3, -0.25) is 10.1 Å². The number of benzene rings is 2. The third-order valence-corrected chi connectivity index (χ3v) is 4.08. The Balaban J connectivity index is 1.66. The van der Waals surface area contributed by atoms with Gasteiger partial charge in [-0.1, -0.05) is 54.6 Å². The van der Waals surface area contributed by atoms with Crippen LogP contribution in [0.3, 0.4) is 0 Å². The molecule has 0 radical (unpaired) electrons. The summed E-state index contributed by atoms with van der Waals surface area (Å²) in [4.78, 5) is 33.3. The van der Waals surface area contributed by atoms with Gasteiger partial charge >= 0.3 is 6.09 Å². The molecular formula is C21H16N4O3. The first-order chi connectivity index (χ1) is 13.7. The first-order valence-corrected chi connectivity index (χ1v) is 8.63. The van der Waals surface area contributed by atoms with Crippen molar-refractivity contribution in [3.05, 3.63) is 90.1 Å². The van der Waals surface area contributed by atoms with E-state index >= 15 is 0 Å². The summed E-state index contributed by atoms with van der Waals surface area (Å²) in [7, 11) is 0. The quantitative estimate of drug-likeness (QED) is 0.739. The topological polar surface area (TPSA) is 92.7 Å². The Labute approximate surface area is 161 Å². The summed E-state index contributed by atoms with van der Waals surface area (Å²) in [5, 5.41) is 5.29. The van der Waals surface area contributed by atoms with Crippen molar-refractivity contribution >= 4 is 23.4 Å². The highest BCUT2D eigenvalue weighted by atomic mass is 16.6. The van der Waals surface area contributed by atoms with Crippen LogP contribution in [0.15, 0.2) is 84.0 Å². The Morgan fingerprint density at radius 2 is 1.71 bits per heavy atom. The molecule has 0 bridgehead atoms. The number of hydrogen-bond donors (Lipinski definition) is 2. The van der Waals surface area contributed by atoms with Crippen LogP contribution in [0.1, 0.15) is 11.1 Å². The van der Waals surface area contributed by atoms with E-state index in [1.807, 2.05) is 48.5 Å². The van der Waals surface area contributed by atoms with E-state index in [4.69, 9.17) is 4.74 Å². The van der Waals surface area contributed by atoms with Crippen LogP contribution in [0.4, 0.5) is 10.5 Å². The molecule has 1 unspecified atom stereocenters. The Kier molecular flexibility index (Phi) is 4.79. The zero-order chi connectivity index (χ0) is 19.3. The standard InChI is InChI=1S/C21H16N4O3/c26-20-19(25-21(27)28-17-12-6-7-13-22-17)24-18(14-8-2-1-3-9-14)15-10-4-5-11-16(15)23-20/h1-13,19H,(H,23,26)(H,25,27). The number of fused-ring (bicyclic) bond motifs is 1. The minimum atomic E-state index is -1.15. The van der Waals surface area contributed by atoms with Gasteiger partial charge in [0.15, 0.2) is 0 Å². The fourth-order valence-corrected chi connectivity index (χ4v) is 2.82. The number of carbonyl (C=O) groups excluding carboxylic acids is 2. The van der Waals surface area contributed by atoms with E-state index in [1.165, 1.54) is 6.20 Å². The summed E-state index contributed by atoms with van der Waals surface area (Å²) in [6.07, 6.45) is -0.469. The van der Waals surface area contributed by atoms with Gasteiger partial charge in [0.25, 0.3) is 5.91 Å². The minimum Gasteiger partial charge on any atom is -0.391 e. The first-order valence-electron chi connectivity index (χ1n) is 8.63. The highest BCUT2D eigenvalue weighted by Crippen LogP contribution is 2.23. The number of hydrogen-bond acceptors (Lipinski definition) is 5. The lowest BCUT2D eigenvalue weighted by molar-refractivity contribution is -0.117. The third kappa shape index (κ3) is 3.73. The molecule has 2 heterocycles. The molecule has 1 aliphatic rings. The third-order valence-electron chi connectivity index (χ3n) is 4.08. The molecule has 4 rings (SSSR count). The predicted octanol–water partition coefficient (Wildman–Crippen LogP) is 2.99. The van der Waals surface area contributed by atoms with Gasteiger partial charge in [0.1, 0.15) is 0 Å². The van der Waals surface area contributed by atoms with Crippen LogP contribution in [0, 0.1) is 0 Å². The van der Waals surface area contributed by atoms with Crippen molar-refractivity contribution in [3.8, 4) is 5.88 Å². The van der Waals surface area contributed by atoms with Crippen LogP contribution in [-0.2, 0) is 4.79 Å². The van der Waals surface area contributed by atoms with Gasteiger partial charge in [-0.15, -0.1) is 0 Å². The fraction of sp³-hybridized carbons (Fsp3) is 0.0476. The van der Waals surface area contributed by atoms with E-state index < -0.39 is 18.2 Å². The number of amides is 2. The Bertz CT molecular complexity index is 1040. The second-order valence-corrected chi connectivity index (χ2v) is 5.98. The van der Waals surface area contributed by atoms with Gasteiger partial charge in [0, 0.05) is 23.4 Å². The highest BCUT2D eigenvalue weighted by molar-refractivity contribution is 6.19. The van der Waals surface area contributed by atoms with Gasteiger partial charge in [0.05, 0.1) is 11.4 Å². The van der Waals surface area contributed by atoms with Crippen LogP contribution >= 0.6 is 0 Å². The molecule has 138 valence electrons. The van der Waals surface area contributed by atoms with E-state index in [-0.39, 0.29) is 5.88 Å². The van der Waals surface area contributed by atoms with Crippen molar-refractivity contribution < 1.29 is 14.3 Å². The second-order valence-electron chi connectivity index (χ2n) is 5.98. The molecule has 0 saturated carbocycles. The Morgan fingerprint density at radius 3 is 2.50 bits per heavy atom. The van der Waals surface area contributed by atoms with Gasteiger partial charge in [-0.05, 0) is 12.1 Å². The SMILES string of the molecule is O=C(NC1N=C(c2ccccc2)c2ccccc2NC1=O)Oc1ccccn1. The number of pyridine rings is 1. The smallest absolute Gasteiger partial charge is 0.391 e. The number of ether oxygens (including phenoxy) is 1. The van der Waals surface area contributed by atoms with E-state index in [1.54, 1.807) is 24.3 Å². The predicted molar refractivity (Wildman–Crippen MR) is 104 cm³/mol. The van der Waals surface area contributed by atoms with Crippen molar-refractivity contribution in [1.29, 1.82) is 0 Å². The highest BCUT2D eigenvalue weighted by Gasteiger charge is 2.27. The lowest BCUT2D eigenvalue weighted by Gasteiger charge is -2.13. The van der Waals surface area contributed by atoms with Crippen molar-refractivity contribution in [1.82, 2.24) is 10.3 Å². The van der Waals surface area contributed by atoms with E-state index in [0.717, 1.165) is 11.1 Å². The molecule has 0 spiro atoms. The lowest BCUT2D eigenvalue weighted by atomic mass is 10.0. The van der Waals surface area contributed by atoms with E-state index in [2.05, 4.69) is 20.6 Å². The average Bonchev–Trinajstić information content (AvgIpc) is 2.86. The molecule has 1 atom stereocenters. The molecule has 0 saturated heterocycles. The second kappa shape index (κ2) is 7.71. The van der Waals surface area contributed by atoms with Gasteiger partial charge in [0.2, 0.25) is 12.0 Å². The number of aliphatic imine (C=N–C) groups is 1. The van der Waals surface area contributed by atoms with Crippen molar-refractivity contribution in [2.45, 2.75) is 6.17 Å². The van der Waals surface area contributed by atoms with Gasteiger partial charge < -0.3 is 10.1 Å². The Morgan fingerprint density at radius 1 is 0.964 bits per heavy atom. The van der Waals surface area contributed by atoms with Crippen molar-refractivity contribution in [2.24, 2.45) is 4.99 Å². The molecular weight excluding hydrogens is 356 g/mol. The summed E-state index contributed by atoms with van der Waals surface area (Å²) >= 11 is 0. The van der Waals surface area contributed by atoms with Gasteiger partial charge in [-0.2, -0.15) is 0 Å². The maximum Gasteiger partial charge on any atom is 0.416 e. The molecule has 2 aromatic carbocycles. The number of benzodiazepines with no additional fused rings is 1. The maximum absolute atomic E-state index is 12.6. The van der Waals surface area contributed by atoms with Crippen molar-refractivity contribution in [2.75, 3.05) is 5.32 Å². The number of rotatable bonds is 3. The van der Waals surface area contributed by atoms with Crippen LogP contribution in [0.2, 0.25) is 0 Å². The zero-order valence-electron chi connectivity index (χ0n) is 14.7. The zero-order valence-corrected chi connectivity index (χ0v) is 14.7. The largest absolute Gasteiger partial charge is 0.416 e. The number of nitrogens with one attached hydrogen (secondary N) is 2. The van der Waals surface area contributed by atoms with Crippen LogP contribution in [-0.4, -0.2) is 28.9 Å². The molecule has 28 heavy (non-hydrogen) atoms. The first kappa shape index (κ1) is 17.4. The molecule has 2 N–H and O–H groups in total. The van der Waals surface area contributed by atoms with Gasteiger partial charge in [-0.25, -0.2) is 14.8 Å². The van der Waals surface area contributed by atoms with E-state index in [9.17, 15) is 9.59 Å². The molecule has 7 heteroatoms.